The number of aromatic nitrogens is 2. The van der Waals surface area contributed by atoms with E-state index in [4.69, 9.17) is 0 Å². The molecule has 1 aromatic rings. The Morgan fingerprint density at radius 3 is 1.29 bits per heavy atom. The van der Waals surface area contributed by atoms with E-state index in [1.165, 1.54) is 6.42 Å². The van der Waals surface area contributed by atoms with Crippen molar-refractivity contribution in [1.82, 2.24) is 10.2 Å². The number of nitrogens with zero attached hydrogens (tertiary/aromatic N) is 2. The second kappa shape index (κ2) is 10.2. The van der Waals surface area contributed by atoms with Crippen LogP contribution in [0.2, 0.25) is 0 Å². The molecule has 0 aliphatic heterocycles. The van der Waals surface area contributed by atoms with E-state index < -0.39 is 0 Å². The molecule has 2 nitrogen and oxygen atoms in total. The van der Waals surface area contributed by atoms with E-state index in [-0.39, 0.29) is 0 Å². The minimum atomic E-state index is 0.542. The Morgan fingerprint density at radius 1 is 0.929 bits per heavy atom. The highest BCUT2D eigenvalue weighted by Gasteiger charge is 2.03. The third kappa shape index (κ3) is 17.2. The van der Waals surface area contributed by atoms with Crippen LogP contribution in [-0.4, -0.2) is 10.2 Å². The summed E-state index contributed by atoms with van der Waals surface area (Å²) in [5.41, 5.74) is 0.542. The maximum Gasteiger partial charge on any atom is 0.0496 e. The van der Waals surface area contributed by atoms with Crippen molar-refractivity contribution in [3.63, 3.8) is 0 Å². The molecule has 1 rings (SSSR count). The maximum atomic E-state index is 3.53. The number of rotatable bonds is 0. The molecule has 0 atom stereocenters. The van der Waals surface area contributed by atoms with Gasteiger partial charge in [-0.2, -0.15) is 10.2 Å². The van der Waals surface area contributed by atoms with Crippen molar-refractivity contribution < 1.29 is 0 Å². The molecule has 0 radical (unpaired) electrons. The van der Waals surface area contributed by atoms with E-state index in [0.717, 1.165) is 0 Å². The summed E-state index contributed by atoms with van der Waals surface area (Å²) >= 11 is 0. The molecular weight excluding hydrogens is 172 g/mol. The van der Waals surface area contributed by atoms with Gasteiger partial charge in [-0.25, -0.2) is 0 Å². The summed E-state index contributed by atoms with van der Waals surface area (Å²) in [6.07, 6.45) is 4.55. The summed E-state index contributed by atoms with van der Waals surface area (Å²) in [4.78, 5) is 0. The smallest absolute Gasteiger partial charge is 0.0496 e. The first-order chi connectivity index (χ1) is 6.56. The minimum Gasteiger partial charge on any atom is -0.159 e. The standard InChI is InChI=1S/C6H14.C4H4N2.C2H6/c1-5-6(2,3)4;1-2-4-6-5-3-1;1-2/h5H2,1-4H3;1-4H;1-2H3. The van der Waals surface area contributed by atoms with Crippen LogP contribution in [0.25, 0.3) is 0 Å². The van der Waals surface area contributed by atoms with E-state index in [0.29, 0.717) is 5.41 Å². The van der Waals surface area contributed by atoms with Gasteiger partial charge in [-0.1, -0.05) is 48.0 Å². The molecule has 0 aliphatic rings. The monoisotopic (exact) mass is 196 g/mol. The Balaban J connectivity index is 0. The van der Waals surface area contributed by atoms with Gasteiger partial charge in [0.1, 0.15) is 0 Å². The van der Waals surface area contributed by atoms with Crippen LogP contribution in [0, 0.1) is 5.41 Å². The number of hydrogen-bond acceptors (Lipinski definition) is 2. The van der Waals surface area contributed by atoms with E-state index >= 15 is 0 Å². The zero-order chi connectivity index (χ0) is 11.4. The maximum absolute atomic E-state index is 3.53. The molecule has 1 aromatic heterocycles. The first-order valence-corrected chi connectivity index (χ1v) is 5.28. The van der Waals surface area contributed by atoms with Gasteiger partial charge in [-0.3, -0.25) is 0 Å². The minimum absolute atomic E-state index is 0.542. The zero-order valence-corrected chi connectivity index (χ0v) is 10.4. The van der Waals surface area contributed by atoms with Gasteiger partial charge in [0.2, 0.25) is 0 Å². The van der Waals surface area contributed by atoms with Crippen LogP contribution in [-0.2, 0) is 0 Å². The molecule has 0 unspecified atom stereocenters. The lowest BCUT2D eigenvalue weighted by atomic mass is 9.94. The molecule has 0 fully saturated rings. The van der Waals surface area contributed by atoms with Gasteiger partial charge in [0.25, 0.3) is 0 Å². The van der Waals surface area contributed by atoms with E-state index in [2.05, 4.69) is 37.9 Å². The first kappa shape index (κ1) is 15.5. The second-order valence-corrected chi connectivity index (χ2v) is 3.83. The summed E-state index contributed by atoms with van der Waals surface area (Å²) in [7, 11) is 0. The molecule has 0 amide bonds. The van der Waals surface area contributed by atoms with Crippen molar-refractivity contribution in [2.45, 2.75) is 48.0 Å². The lowest BCUT2D eigenvalue weighted by Gasteiger charge is -2.12. The van der Waals surface area contributed by atoms with Gasteiger partial charge in [0.15, 0.2) is 0 Å². The van der Waals surface area contributed by atoms with Crippen molar-refractivity contribution in [3.05, 3.63) is 24.5 Å². The molecule has 0 aliphatic carbocycles. The van der Waals surface area contributed by atoms with Crippen LogP contribution in [0.5, 0.6) is 0 Å². The van der Waals surface area contributed by atoms with Crippen LogP contribution < -0.4 is 0 Å². The Morgan fingerprint density at radius 2 is 1.21 bits per heavy atom. The topological polar surface area (TPSA) is 25.8 Å². The van der Waals surface area contributed by atoms with E-state index in [9.17, 15) is 0 Å². The zero-order valence-electron chi connectivity index (χ0n) is 10.4. The summed E-state index contributed by atoms with van der Waals surface area (Å²) < 4.78 is 0. The predicted octanol–water partition coefficient (Wildman–Crippen LogP) is 3.95. The van der Waals surface area contributed by atoms with Crippen LogP contribution in [0.3, 0.4) is 0 Å². The predicted molar refractivity (Wildman–Crippen MR) is 63.1 cm³/mol. The van der Waals surface area contributed by atoms with Crippen LogP contribution in [0.1, 0.15) is 48.0 Å². The summed E-state index contributed by atoms with van der Waals surface area (Å²) in [5.74, 6) is 0. The van der Waals surface area contributed by atoms with Gasteiger partial charge < -0.3 is 0 Å². The molecule has 0 saturated heterocycles. The van der Waals surface area contributed by atoms with Gasteiger partial charge in [-0.05, 0) is 17.5 Å². The van der Waals surface area contributed by atoms with Crippen LogP contribution in [0.15, 0.2) is 24.5 Å². The molecule has 14 heavy (non-hydrogen) atoms. The van der Waals surface area contributed by atoms with Gasteiger partial charge in [0, 0.05) is 12.4 Å². The molecular formula is C12H24N2. The molecule has 0 bridgehead atoms. The molecule has 0 saturated carbocycles. The Kier molecular flexibility index (Phi) is 11.3. The van der Waals surface area contributed by atoms with Crippen molar-refractivity contribution in [3.8, 4) is 0 Å². The molecule has 0 N–H and O–H groups in total. The fourth-order valence-corrected chi connectivity index (χ4v) is 0.253. The Labute approximate surface area is 88.8 Å². The van der Waals surface area contributed by atoms with Crippen LogP contribution >= 0.6 is 0 Å². The van der Waals surface area contributed by atoms with Gasteiger partial charge in [0.05, 0.1) is 0 Å². The third-order valence-corrected chi connectivity index (χ3v) is 1.54. The highest BCUT2D eigenvalue weighted by Crippen LogP contribution is 2.16. The molecule has 2 heteroatoms. The van der Waals surface area contributed by atoms with Crippen molar-refractivity contribution in [1.29, 1.82) is 0 Å². The number of hydrogen-bond donors (Lipinski definition) is 0. The van der Waals surface area contributed by atoms with Crippen molar-refractivity contribution in [2.24, 2.45) is 5.41 Å². The summed E-state index contributed by atoms with van der Waals surface area (Å²) in [5, 5.41) is 7.07. The van der Waals surface area contributed by atoms with E-state index in [1.807, 2.05) is 26.0 Å². The van der Waals surface area contributed by atoms with Crippen molar-refractivity contribution >= 4 is 0 Å². The van der Waals surface area contributed by atoms with Crippen molar-refractivity contribution in [2.75, 3.05) is 0 Å². The highest BCUT2D eigenvalue weighted by molar-refractivity contribution is 4.79. The highest BCUT2D eigenvalue weighted by atomic mass is 15.1. The largest absolute Gasteiger partial charge is 0.159 e. The fraction of sp³-hybridized carbons (Fsp3) is 0.667. The third-order valence-electron chi connectivity index (χ3n) is 1.54. The SMILES string of the molecule is CC.CCC(C)(C)C.c1ccnnc1. The second-order valence-electron chi connectivity index (χ2n) is 3.83. The molecule has 0 spiro atoms. The van der Waals surface area contributed by atoms with Crippen LogP contribution in [0.4, 0.5) is 0 Å². The molecule has 82 valence electrons. The Hall–Kier alpha value is -0.920. The molecule has 0 aromatic carbocycles. The quantitative estimate of drug-likeness (QED) is 0.628. The normalized spacial score (nSPS) is 9.00. The average Bonchev–Trinajstić information content (AvgIpc) is 2.23. The fourth-order valence-electron chi connectivity index (χ4n) is 0.253. The molecule has 1 heterocycles. The summed E-state index contributed by atoms with van der Waals surface area (Å²) in [6, 6.07) is 3.65. The average molecular weight is 196 g/mol. The lowest BCUT2D eigenvalue weighted by Crippen LogP contribution is -2.00. The van der Waals surface area contributed by atoms with E-state index in [1.54, 1.807) is 12.4 Å². The summed E-state index contributed by atoms with van der Waals surface area (Å²) in [6.45, 7) is 12.9. The van der Waals surface area contributed by atoms with Gasteiger partial charge in [-0.15, -0.1) is 0 Å². The van der Waals surface area contributed by atoms with Gasteiger partial charge >= 0.3 is 0 Å². The lowest BCUT2D eigenvalue weighted by molar-refractivity contribution is 0.398. The first-order valence-electron chi connectivity index (χ1n) is 5.28. The Bertz CT molecular complexity index is 151.